The van der Waals surface area contributed by atoms with Gasteiger partial charge in [-0.2, -0.15) is 5.10 Å². The van der Waals surface area contributed by atoms with Gasteiger partial charge in [-0.1, -0.05) is 66.8 Å². The molecule has 0 atom stereocenters. The predicted molar refractivity (Wildman–Crippen MR) is 101 cm³/mol. The number of fused-ring (bicyclic) bond motifs is 3. The smallest absolute Gasteiger partial charge is 0.393 e. The summed E-state index contributed by atoms with van der Waals surface area (Å²) in [6, 6.07) is 21.5. The van der Waals surface area contributed by atoms with Crippen LogP contribution in [0.15, 0.2) is 66.9 Å². The summed E-state index contributed by atoms with van der Waals surface area (Å²) in [6.45, 7) is 5.10. The Balaban J connectivity index is 1.69. The Hall–Kier alpha value is -2.27. The Morgan fingerprint density at radius 1 is 1.00 bits per heavy atom. The first-order valence-corrected chi connectivity index (χ1v) is 11.3. The molecule has 0 unspecified atom stereocenters. The summed E-state index contributed by atoms with van der Waals surface area (Å²) in [6.07, 6.45) is 1.91. The van der Waals surface area contributed by atoms with Gasteiger partial charge in [0.15, 0.2) is 0 Å². The summed E-state index contributed by atoms with van der Waals surface area (Å²) in [4.78, 5) is 0. The van der Waals surface area contributed by atoms with E-state index in [-0.39, 0.29) is 6.98 Å². The molecule has 4 rings (SSSR count). The van der Waals surface area contributed by atoms with Crippen LogP contribution in [0.1, 0.15) is 0 Å². The van der Waals surface area contributed by atoms with Gasteiger partial charge in [0.25, 0.3) is 0 Å². The first kappa shape index (κ1) is 14.3. The zero-order valence-corrected chi connectivity index (χ0v) is 14.5. The molecule has 0 saturated heterocycles. The topological polar surface area (TPSA) is 29.9 Å². The van der Waals surface area contributed by atoms with Crippen molar-refractivity contribution in [3.8, 4) is 11.3 Å². The number of hydrogen-bond donors (Lipinski definition) is 1. The minimum Gasteiger partial charge on any atom is -0.408 e. The number of nitrogens with one attached hydrogen (secondary N) is 1. The second-order valence-electron chi connectivity index (χ2n) is 6.82. The Morgan fingerprint density at radius 2 is 1.74 bits per heavy atom. The van der Waals surface area contributed by atoms with E-state index in [9.17, 15) is 0 Å². The van der Waals surface area contributed by atoms with E-state index < -0.39 is 8.07 Å². The summed E-state index contributed by atoms with van der Waals surface area (Å²) in [5, 5.41) is 9.79. The molecule has 23 heavy (non-hydrogen) atoms. The standard InChI is InChI=1S/C18H20BN3Si/c1-23(2,15-8-4-3-5-9-15)14-19-21-17-11-7-6-10-16(17)18-12-13-20-22(18)19/h3-13,21H,14H2,1-2H3. The van der Waals surface area contributed by atoms with Crippen LogP contribution in [0.2, 0.25) is 19.0 Å². The highest BCUT2D eigenvalue weighted by Gasteiger charge is 2.36. The van der Waals surface area contributed by atoms with Crippen LogP contribution in [0.5, 0.6) is 0 Å². The third kappa shape index (κ3) is 2.51. The number of nitrogens with zero attached hydrogens (tertiary/aromatic N) is 2. The van der Waals surface area contributed by atoms with Gasteiger partial charge in [0.1, 0.15) is 0 Å². The maximum atomic E-state index is 4.59. The van der Waals surface area contributed by atoms with Gasteiger partial charge in [-0.3, -0.25) is 4.59 Å². The predicted octanol–water partition coefficient (Wildman–Crippen LogP) is 3.47. The Labute approximate surface area is 138 Å². The summed E-state index contributed by atoms with van der Waals surface area (Å²) in [5.74, 6) is 1.11. The van der Waals surface area contributed by atoms with E-state index in [2.05, 4.69) is 88.7 Å². The molecule has 0 radical (unpaired) electrons. The summed E-state index contributed by atoms with van der Waals surface area (Å²) in [5.41, 5.74) is 3.66. The van der Waals surface area contributed by atoms with Gasteiger partial charge in [0.2, 0.25) is 0 Å². The van der Waals surface area contributed by atoms with Crippen LogP contribution in [0, 0.1) is 0 Å². The molecule has 3 nitrogen and oxygen atoms in total. The van der Waals surface area contributed by atoms with Gasteiger partial charge in [-0.05, 0) is 18.1 Å². The average molecular weight is 317 g/mol. The van der Waals surface area contributed by atoms with Crippen LogP contribution < -0.4 is 10.4 Å². The average Bonchev–Trinajstić information content (AvgIpc) is 3.06. The lowest BCUT2D eigenvalue weighted by molar-refractivity contribution is 0.952. The van der Waals surface area contributed by atoms with Gasteiger partial charge in [0.05, 0.1) is 13.8 Å². The molecule has 0 amide bonds. The van der Waals surface area contributed by atoms with Crippen LogP contribution in [0.3, 0.4) is 0 Å². The molecule has 3 aromatic rings. The quantitative estimate of drug-likeness (QED) is 0.750. The van der Waals surface area contributed by atoms with E-state index >= 15 is 0 Å². The second-order valence-corrected chi connectivity index (χ2v) is 11.6. The second kappa shape index (κ2) is 5.42. The number of anilines is 1. The van der Waals surface area contributed by atoms with E-state index in [1.165, 1.54) is 22.1 Å². The van der Waals surface area contributed by atoms with E-state index in [0.717, 1.165) is 5.94 Å². The molecule has 0 bridgehead atoms. The van der Waals surface area contributed by atoms with Gasteiger partial charge < -0.3 is 5.23 Å². The van der Waals surface area contributed by atoms with Crippen molar-refractivity contribution in [1.82, 2.24) is 9.69 Å². The van der Waals surface area contributed by atoms with Crippen LogP contribution >= 0.6 is 0 Å². The molecule has 114 valence electrons. The summed E-state index contributed by atoms with van der Waals surface area (Å²) in [7, 11) is -1.55. The molecule has 1 aromatic heterocycles. The lowest BCUT2D eigenvalue weighted by Crippen LogP contribution is -2.51. The van der Waals surface area contributed by atoms with Crippen molar-refractivity contribution in [2.75, 3.05) is 5.23 Å². The zero-order chi connectivity index (χ0) is 15.9. The van der Waals surface area contributed by atoms with Crippen LogP contribution in [-0.4, -0.2) is 24.7 Å². The molecular formula is C18H20BN3Si. The Morgan fingerprint density at radius 3 is 2.57 bits per heavy atom. The van der Waals surface area contributed by atoms with E-state index in [0.29, 0.717) is 0 Å². The first-order valence-electron chi connectivity index (χ1n) is 8.10. The number of rotatable bonds is 3. The molecule has 0 saturated carbocycles. The van der Waals surface area contributed by atoms with Crippen molar-refractivity contribution in [2.45, 2.75) is 19.0 Å². The third-order valence-corrected chi connectivity index (χ3v) is 8.05. The highest BCUT2D eigenvalue weighted by Crippen LogP contribution is 2.33. The molecule has 2 aromatic carbocycles. The van der Waals surface area contributed by atoms with E-state index in [4.69, 9.17) is 0 Å². The van der Waals surface area contributed by atoms with Gasteiger partial charge in [-0.15, -0.1) is 0 Å². The lowest BCUT2D eigenvalue weighted by atomic mass is 9.76. The van der Waals surface area contributed by atoms with Gasteiger partial charge in [0, 0.05) is 17.4 Å². The molecule has 0 aliphatic carbocycles. The van der Waals surface area contributed by atoms with E-state index in [1.54, 1.807) is 0 Å². The lowest BCUT2D eigenvalue weighted by Gasteiger charge is -2.31. The fourth-order valence-electron chi connectivity index (χ4n) is 3.48. The van der Waals surface area contributed by atoms with Gasteiger partial charge in [-0.25, -0.2) is 0 Å². The third-order valence-electron chi connectivity index (χ3n) is 4.75. The molecule has 1 aliphatic heterocycles. The number of aromatic nitrogens is 2. The number of para-hydroxylation sites is 1. The normalized spacial score (nSPS) is 13.2. The van der Waals surface area contributed by atoms with Crippen molar-refractivity contribution in [1.29, 1.82) is 0 Å². The zero-order valence-electron chi connectivity index (χ0n) is 13.5. The van der Waals surface area contributed by atoms with Crippen molar-refractivity contribution >= 4 is 25.9 Å². The van der Waals surface area contributed by atoms with Crippen molar-refractivity contribution < 1.29 is 0 Å². The molecule has 1 N–H and O–H groups in total. The largest absolute Gasteiger partial charge is 0.408 e. The monoisotopic (exact) mass is 317 g/mol. The van der Waals surface area contributed by atoms with Crippen molar-refractivity contribution in [2.24, 2.45) is 0 Å². The Kier molecular flexibility index (Phi) is 3.38. The maximum Gasteiger partial charge on any atom is 0.393 e. The van der Waals surface area contributed by atoms with Crippen LogP contribution in [-0.2, 0) is 0 Å². The van der Waals surface area contributed by atoms with E-state index in [1.807, 2.05) is 6.20 Å². The molecule has 0 spiro atoms. The fraction of sp³-hybridized carbons (Fsp3) is 0.167. The summed E-state index contributed by atoms with van der Waals surface area (Å²) >= 11 is 0. The molecule has 1 aliphatic rings. The molecular weight excluding hydrogens is 297 g/mol. The fourth-order valence-corrected chi connectivity index (χ4v) is 6.05. The maximum absolute atomic E-state index is 4.59. The first-order chi connectivity index (χ1) is 11.1. The minimum absolute atomic E-state index is 0.219. The minimum atomic E-state index is -1.55. The van der Waals surface area contributed by atoms with Crippen LogP contribution in [0.4, 0.5) is 5.69 Å². The Bertz CT molecular complexity index is 829. The molecule has 5 heteroatoms. The highest BCUT2D eigenvalue weighted by atomic mass is 28.3. The summed E-state index contributed by atoms with van der Waals surface area (Å²) < 4.78 is 2.15. The molecule has 2 heterocycles. The number of hydrogen-bond acceptors (Lipinski definition) is 2. The SMILES string of the molecule is C[Si](C)(CB1Nc2ccccc2-c2ccnn21)c1ccccc1. The van der Waals surface area contributed by atoms with Crippen molar-refractivity contribution in [3.63, 3.8) is 0 Å². The number of benzene rings is 2. The highest BCUT2D eigenvalue weighted by molar-refractivity contribution is 6.97. The molecule has 0 fully saturated rings. The van der Waals surface area contributed by atoms with Gasteiger partial charge >= 0.3 is 6.98 Å². The van der Waals surface area contributed by atoms with Crippen LogP contribution in [0.25, 0.3) is 11.3 Å². The van der Waals surface area contributed by atoms with Crippen molar-refractivity contribution in [3.05, 3.63) is 66.9 Å².